The Morgan fingerprint density at radius 2 is 2.11 bits per heavy atom. The molecule has 0 heterocycles. The van der Waals surface area contributed by atoms with E-state index in [0.717, 1.165) is 0 Å². The standard InChI is InChI=1S/C13H16N2O3/c1-17-9-2-3-13(16)15-11-4-6-12(7-5-11)18-10-8-14/h4-7H,2-3,9-10H2,1H3,(H,15,16). The SMILES string of the molecule is COCCCC(=O)Nc1ccc(OCC#N)cc1. The number of hydrogen-bond acceptors (Lipinski definition) is 4. The zero-order valence-corrected chi connectivity index (χ0v) is 10.3. The lowest BCUT2D eigenvalue weighted by Crippen LogP contribution is -2.11. The largest absolute Gasteiger partial charge is 0.479 e. The molecule has 0 aliphatic rings. The van der Waals surface area contributed by atoms with Crippen LogP contribution in [-0.2, 0) is 9.53 Å². The average molecular weight is 248 g/mol. The molecule has 0 saturated heterocycles. The van der Waals surface area contributed by atoms with Crippen LogP contribution in [0.4, 0.5) is 5.69 Å². The molecule has 0 radical (unpaired) electrons. The van der Waals surface area contributed by atoms with Crippen LogP contribution in [0.15, 0.2) is 24.3 Å². The number of rotatable bonds is 7. The third-order valence-electron chi connectivity index (χ3n) is 2.19. The maximum atomic E-state index is 11.5. The number of carbonyl (C=O) groups excluding carboxylic acids is 1. The van der Waals surface area contributed by atoms with Gasteiger partial charge in [0.15, 0.2) is 6.61 Å². The lowest BCUT2D eigenvalue weighted by Gasteiger charge is -2.06. The monoisotopic (exact) mass is 248 g/mol. The Hall–Kier alpha value is -2.06. The molecule has 0 bridgehead atoms. The first-order chi connectivity index (χ1) is 8.76. The van der Waals surface area contributed by atoms with Crippen LogP contribution in [-0.4, -0.2) is 26.2 Å². The highest BCUT2D eigenvalue weighted by Crippen LogP contribution is 2.15. The van der Waals surface area contributed by atoms with Gasteiger partial charge in [-0.05, 0) is 30.7 Å². The Morgan fingerprint density at radius 3 is 2.72 bits per heavy atom. The number of amides is 1. The summed E-state index contributed by atoms with van der Waals surface area (Å²) in [6.07, 6.45) is 1.13. The molecule has 0 aromatic heterocycles. The zero-order chi connectivity index (χ0) is 13.2. The first kappa shape index (κ1) is 14.0. The molecule has 18 heavy (non-hydrogen) atoms. The molecule has 1 aromatic carbocycles. The van der Waals surface area contributed by atoms with Gasteiger partial charge in [0, 0.05) is 25.8 Å². The summed E-state index contributed by atoms with van der Waals surface area (Å²) in [5, 5.41) is 11.1. The lowest BCUT2D eigenvalue weighted by molar-refractivity contribution is -0.116. The molecular weight excluding hydrogens is 232 g/mol. The van der Waals surface area contributed by atoms with Crippen molar-refractivity contribution in [1.29, 1.82) is 5.26 Å². The van der Waals surface area contributed by atoms with E-state index in [1.54, 1.807) is 31.4 Å². The van der Waals surface area contributed by atoms with Gasteiger partial charge < -0.3 is 14.8 Å². The normalized spacial score (nSPS) is 9.56. The topological polar surface area (TPSA) is 71.3 Å². The molecule has 0 spiro atoms. The molecule has 1 N–H and O–H groups in total. The molecular formula is C13H16N2O3. The summed E-state index contributed by atoms with van der Waals surface area (Å²) in [4.78, 5) is 11.5. The van der Waals surface area contributed by atoms with Crippen molar-refractivity contribution >= 4 is 11.6 Å². The molecule has 96 valence electrons. The van der Waals surface area contributed by atoms with E-state index in [9.17, 15) is 4.79 Å². The van der Waals surface area contributed by atoms with Gasteiger partial charge in [0.25, 0.3) is 0 Å². The van der Waals surface area contributed by atoms with E-state index in [1.807, 2.05) is 6.07 Å². The van der Waals surface area contributed by atoms with Crippen LogP contribution in [0.1, 0.15) is 12.8 Å². The predicted molar refractivity (Wildman–Crippen MR) is 67.3 cm³/mol. The number of methoxy groups -OCH3 is 1. The molecule has 0 atom stereocenters. The Morgan fingerprint density at radius 1 is 1.39 bits per heavy atom. The number of nitrogens with zero attached hydrogens (tertiary/aromatic N) is 1. The minimum absolute atomic E-state index is 0.0166. The average Bonchev–Trinajstić information content (AvgIpc) is 2.38. The van der Waals surface area contributed by atoms with E-state index in [1.165, 1.54) is 0 Å². The quantitative estimate of drug-likeness (QED) is 0.749. The van der Waals surface area contributed by atoms with Crippen molar-refractivity contribution in [3.63, 3.8) is 0 Å². The second-order valence-electron chi connectivity index (χ2n) is 3.62. The minimum Gasteiger partial charge on any atom is -0.479 e. The van der Waals surface area contributed by atoms with E-state index in [-0.39, 0.29) is 12.5 Å². The van der Waals surface area contributed by atoms with Gasteiger partial charge in [-0.3, -0.25) is 4.79 Å². The number of carbonyl (C=O) groups is 1. The summed E-state index contributed by atoms with van der Waals surface area (Å²) < 4.78 is 9.98. The van der Waals surface area contributed by atoms with Crippen molar-refractivity contribution in [2.75, 3.05) is 25.6 Å². The number of hydrogen-bond donors (Lipinski definition) is 1. The third-order valence-corrected chi connectivity index (χ3v) is 2.19. The van der Waals surface area contributed by atoms with Crippen LogP contribution >= 0.6 is 0 Å². The number of nitrogens with one attached hydrogen (secondary N) is 1. The van der Waals surface area contributed by atoms with Gasteiger partial charge in [-0.15, -0.1) is 0 Å². The molecule has 1 amide bonds. The maximum Gasteiger partial charge on any atom is 0.224 e. The van der Waals surface area contributed by atoms with E-state index < -0.39 is 0 Å². The van der Waals surface area contributed by atoms with Crippen LogP contribution in [0.25, 0.3) is 0 Å². The second kappa shape index (κ2) is 8.09. The number of benzene rings is 1. The molecule has 0 fully saturated rings. The van der Waals surface area contributed by atoms with Gasteiger partial charge in [-0.2, -0.15) is 5.26 Å². The highest BCUT2D eigenvalue weighted by molar-refractivity contribution is 5.90. The second-order valence-corrected chi connectivity index (χ2v) is 3.62. The maximum absolute atomic E-state index is 11.5. The first-order valence-corrected chi connectivity index (χ1v) is 5.65. The van der Waals surface area contributed by atoms with E-state index in [4.69, 9.17) is 14.7 Å². The van der Waals surface area contributed by atoms with Gasteiger partial charge in [0.05, 0.1) is 0 Å². The van der Waals surface area contributed by atoms with Crippen LogP contribution in [0.3, 0.4) is 0 Å². The molecule has 1 aromatic rings. The first-order valence-electron chi connectivity index (χ1n) is 5.65. The van der Waals surface area contributed by atoms with Gasteiger partial charge >= 0.3 is 0 Å². The van der Waals surface area contributed by atoms with Crippen molar-refractivity contribution < 1.29 is 14.3 Å². The van der Waals surface area contributed by atoms with Crippen molar-refractivity contribution in [3.8, 4) is 11.8 Å². The molecule has 5 heteroatoms. The molecule has 0 saturated carbocycles. The van der Waals surface area contributed by atoms with Gasteiger partial charge in [-0.25, -0.2) is 0 Å². The highest BCUT2D eigenvalue weighted by Gasteiger charge is 2.02. The minimum atomic E-state index is -0.0438. The fourth-order valence-corrected chi connectivity index (χ4v) is 1.35. The van der Waals surface area contributed by atoms with Crippen LogP contribution < -0.4 is 10.1 Å². The summed E-state index contributed by atoms with van der Waals surface area (Å²) in [7, 11) is 1.61. The smallest absolute Gasteiger partial charge is 0.224 e. The molecule has 1 rings (SSSR count). The van der Waals surface area contributed by atoms with Crippen LogP contribution in [0, 0.1) is 11.3 Å². The lowest BCUT2D eigenvalue weighted by atomic mass is 10.2. The Balaban J connectivity index is 2.38. The highest BCUT2D eigenvalue weighted by atomic mass is 16.5. The summed E-state index contributed by atoms with van der Waals surface area (Å²) in [5.74, 6) is 0.562. The number of anilines is 1. The number of ether oxygens (including phenoxy) is 2. The molecule has 0 aliphatic carbocycles. The van der Waals surface area contributed by atoms with Crippen molar-refractivity contribution in [3.05, 3.63) is 24.3 Å². The molecule has 0 aliphatic heterocycles. The van der Waals surface area contributed by atoms with Crippen molar-refractivity contribution in [1.82, 2.24) is 0 Å². The molecule has 0 unspecified atom stereocenters. The van der Waals surface area contributed by atoms with Crippen LogP contribution in [0.5, 0.6) is 5.75 Å². The summed E-state index contributed by atoms with van der Waals surface area (Å²) in [5.41, 5.74) is 0.710. The fraction of sp³-hybridized carbons (Fsp3) is 0.385. The number of nitriles is 1. The van der Waals surface area contributed by atoms with Gasteiger partial charge in [0.2, 0.25) is 5.91 Å². The van der Waals surface area contributed by atoms with Crippen LogP contribution in [0.2, 0.25) is 0 Å². The fourth-order valence-electron chi connectivity index (χ4n) is 1.35. The van der Waals surface area contributed by atoms with Gasteiger partial charge in [0.1, 0.15) is 11.8 Å². The summed E-state index contributed by atoms with van der Waals surface area (Å²) in [6.45, 7) is 0.594. The van der Waals surface area contributed by atoms with E-state index in [2.05, 4.69) is 5.32 Å². The Kier molecular flexibility index (Phi) is 6.30. The summed E-state index contributed by atoms with van der Waals surface area (Å²) >= 11 is 0. The zero-order valence-electron chi connectivity index (χ0n) is 10.3. The third kappa shape index (κ3) is 5.32. The molecule has 5 nitrogen and oxygen atoms in total. The Bertz CT molecular complexity index is 409. The Labute approximate surface area is 106 Å². The summed E-state index contributed by atoms with van der Waals surface area (Å²) in [6, 6.07) is 8.78. The predicted octanol–water partition coefficient (Wildman–Crippen LogP) is 1.95. The van der Waals surface area contributed by atoms with E-state index in [0.29, 0.717) is 30.9 Å². The van der Waals surface area contributed by atoms with Crippen molar-refractivity contribution in [2.24, 2.45) is 0 Å². The van der Waals surface area contributed by atoms with Crippen molar-refractivity contribution in [2.45, 2.75) is 12.8 Å². The van der Waals surface area contributed by atoms with Gasteiger partial charge in [-0.1, -0.05) is 0 Å². The van der Waals surface area contributed by atoms with E-state index >= 15 is 0 Å².